The number of phenolic OH excluding ortho intramolecular Hbond substituents is 1. The van der Waals surface area contributed by atoms with Gasteiger partial charge in [-0.25, -0.2) is 0 Å². The van der Waals surface area contributed by atoms with Crippen LogP contribution in [0, 0.1) is 6.92 Å². The molecule has 0 fully saturated rings. The largest absolute Gasteiger partial charge is 0.508 e. The first-order valence-corrected chi connectivity index (χ1v) is 4.41. The van der Waals surface area contributed by atoms with Crippen LogP contribution in [0.1, 0.15) is 18.9 Å². The molecule has 0 saturated carbocycles. The van der Waals surface area contributed by atoms with Crippen LogP contribution in [0.25, 0.3) is 0 Å². The molecular formula is C10H15NO2. The number of hydrogen-bond acceptors (Lipinski definition) is 3. The van der Waals surface area contributed by atoms with Crippen molar-refractivity contribution in [3.05, 3.63) is 23.8 Å². The Labute approximate surface area is 78.2 Å². The lowest BCUT2D eigenvalue weighted by Gasteiger charge is -2.16. The van der Waals surface area contributed by atoms with Crippen molar-refractivity contribution in [1.29, 1.82) is 0 Å². The Bertz CT molecular complexity index is 286. The Hall–Kier alpha value is -1.22. The molecule has 0 aliphatic rings. The number of benzene rings is 1. The fourth-order valence-corrected chi connectivity index (χ4v) is 1.10. The van der Waals surface area contributed by atoms with Crippen molar-refractivity contribution >= 4 is 5.69 Å². The van der Waals surface area contributed by atoms with Gasteiger partial charge in [0.05, 0.1) is 5.69 Å². The minimum absolute atomic E-state index is 0.215. The van der Waals surface area contributed by atoms with Gasteiger partial charge in [-0.05, 0) is 25.0 Å². The molecule has 0 saturated heterocycles. The van der Waals surface area contributed by atoms with E-state index < -0.39 is 0 Å². The highest BCUT2D eigenvalue weighted by Crippen LogP contribution is 2.22. The molecule has 0 radical (unpaired) electrons. The molecule has 1 aromatic rings. The monoisotopic (exact) mass is 181 g/mol. The summed E-state index contributed by atoms with van der Waals surface area (Å²) in [6.07, 6.45) is 0.866. The fourth-order valence-electron chi connectivity index (χ4n) is 1.10. The second-order valence-corrected chi connectivity index (χ2v) is 3.09. The molecule has 0 bridgehead atoms. The van der Waals surface area contributed by atoms with Crippen molar-refractivity contribution in [3.8, 4) is 5.75 Å². The minimum Gasteiger partial charge on any atom is -0.508 e. The topological polar surface area (TPSA) is 43.7 Å². The van der Waals surface area contributed by atoms with E-state index in [0.29, 0.717) is 12.2 Å². The van der Waals surface area contributed by atoms with Crippen LogP contribution in [0.15, 0.2) is 18.2 Å². The zero-order valence-corrected chi connectivity index (χ0v) is 7.99. The third-order valence-corrected chi connectivity index (χ3v) is 1.93. The highest BCUT2D eigenvalue weighted by molar-refractivity contribution is 5.51. The van der Waals surface area contributed by atoms with Crippen molar-refractivity contribution in [2.24, 2.45) is 0 Å². The van der Waals surface area contributed by atoms with Gasteiger partial charge >= 0.3 is 0 Å². The smallest absolute Gasteiger partial charge is 0.120 e. The number of aromatic hydroxyl groups is 1. The first-order chi connectivity index (χ1) is 6.15. The van der Waals surface area contributed by atoms with Crippen LogP contribution in [0.5, 0.6) is 5.75 Å². The quantitative estimate of drug-likeness (QED) is 0.703. The van der Waals surface area contributed by atoms with Gasteiger partial charge in [0, 0.05) is 12.6 Å². The molecule has 0 heterocycles. The van der Waals surface area contributed by atoms with Gasteiger partial charge in [0.2, 0.25) is 0 Å². The first kappa shape index (κ1) is 9.86. The van der Waals surface area contributed by atoms with Crippen LogP contribution in [0.2, 0.25) is 0 Å². The molecule has 0 aliphatic heterocycles. The van der Waals surface area contributed by atoms with Crippen LogP contribution in [-0.2, 0) is 0 Å². The lowest BCUT2D eigenvalue weighted by Crippen LogP contribution is -2.18. The van der Waals surface area contributed by atoms with E-state index in [2.05, 4.69) is 0 Å². The van der Waals surface area contributed by atoms with Crippen molar-refractivity contribution < 1.29 is 10.3 Å². The lowest BCUT2D eigenvalue weighted by molar-refractivity contribution is 0.253. The molecule has 1 rings (SSSR count). The SMILES string of the molecule is CCCN(O)c1ccc(C)c(O)c1. The molecular weight excluding hydrogens is 166 g/mol. The van der Waals surface area contributed by atoms with Gasteiger partial charge in [0.15, 0.2) is 0 Å². The van der Waals surface area contributed by atoms with Crippen LogP contribution < -0.4 is 5.06 Å². The Kier molecular flexibility index (Phi) is 3.14. The van der Waals surface area contributed by atoms with Crippen molar-refractivity contribution in [2.75, 3.05) is 11.6 Å². The number of aryl methyl sites for hydroxylation is 1. The Morgan fingerprint density at radius 3 is 2.62 bits per heavy atom. The van der Waals surface area contributed by atoms with E-state index in [4.69, 9.17) is 0 Å². The van der Waals surface area contributed by atoms with E-state index in [1.54, 1.807) is 18.2 Å². The van der Waals surface area contributed by atoms with Gasteiger partial charge in [-0.2, -0.15) is 0 Å². The summed E-state index contributed by atoms with van der Waals surface area (Å²) in [5, 5.41) is 20.0. The third-order valence-electron chi connectivity index (χ3n) is 1.93. The third kappa shape index (κ3) is 2.36. The highest BCUT2D eigenvalue weighted by atomic mass is 16.5. The summed E-state index contributed by atoms with van der Waals surface area (Å²) < 4.78 is 0. The summed E-state index contributed by atoms with van der Waals surface area (Å²) in [7, 11) is 0. The molecule has 2 N–H and O–H groups in total. The molecule has 1 aromatic carbocycles. The van der Waals surface area contributed by atoms with Crippen molar-refractivity contribution in [2.45, 2.75) is 20.3 Å². The molecule has 3 nitrogen and oxygen atoms in total. The molecule has 72 valence electrons. The summed E-state index contributed by atoms with van der Waals surface area (Å²) in [5.41, 5.74) is 1.44. The van der Waals surface area contributed by atoms with E-state index in [1.807, 2.05) is 13.8 Å². The molecule has 13 heavy (non-hydrogen) atoms. The number of rotatable bonds is 3. The maximum Gasteiger partial charge on any atom is 0.120 e. The summed E-state index contributed by atoms with van der Waals surface area (Å²) >= 11 is 0. The van der Waals surface area contributed by atoms with Gasteiger partial charge in [0.1, 0.15) is 5.75 Å². The average Bonchev–Trinajstić information content (AvgIpc) is 2.10. The van der Waals surface area contributed by atoms with Gasteiger partial charge < -0.3 is 5.11 Å². The molecule has 0 atom stereocenters. The van der Waals surface area contributed by atoms with E-state index in [-0.39, 0.29) is 5.75 Å². The Balaban J connectivity index is 2.84. The second-order valence-electron chi connectivity index (χ2n) is 3.09. The lowest BCUT2D eigenvalue weighted by atomic mass is 10.2. The van der Waals surface area contributed by atoms with Crippen LogP contribution in [0.3, 0.4) is 0 Å². The number of hydroxylamine groups is 1. The standard InChI is InChI=1S/C10H15NO2/c1-3-6-11(13)9-5-4-8(2)10(12)7-9/h4-5,7,12-13H,3,6H2,1-2H3. The number of hydrogen-bond donors (Lipinski definition) is 2. The van der Waals surface area contributed by atoms with Crippen LogP contribution >= 0.6 is 0 Å². The summed E-state index contributed by atoms with van der Waals surface area (Å²) in [5.74, 6) is 0.215. The molecule has 0 amide bonds. The minimum atomic E-state index is 0.215. The molecule has 0 aromatic heterocycles. The van der Waals surface area contributed by atoms with E-state index >= 15 is 0 Å². The van der Waals surface area contributed by atoms with E-state index in [9.17, 15) is 10.3 Å². The number of anilines is 1. The van der Waals surface area contributed by atoms with Gasteiger partial charge in [-0.3, -0.25) is 10.3 Å². The average molecular weight is 181 g/mol. The maximum atomic E-state index is 9.46. The Morgan fingerprint density at radius 1 is 1.38 bits per heavy atom. The number of nitrogens with zero attached hydrogens (tertiary/aromatic N) is 1. The summed E-state index contributed by atoms with van der Waals surface area (Å²) in [6.45, 7) is 4.38. The fraction of sp³-hybridized carbons (Fsp3) is 0.400. The molecule has 3 heteroatoms. The summed E-state index contributed by atoms with van der Waals surface area (Å²) in [6, 6.07) is 5.12. The van der Waals surface area contributed by atoms with Crippen molar-refractivity contribution in [3.63, 3.8) is 0 Å². The van der Waals surface area contributed by atoms with Gasteiger partial charge in [0.25, 0.3) is 0 Å². The van der Waals surface area contributed by atoms with Crippen LogP contribution in [0.4, 0.5) is 5.69 Å². The first-order valence-electron chi connectivity index (χ1n) is 4.41. The van der Waals surface area contributed by atoms with Crippen LogP contribution in [-0.4, -0.2) is 16.9 Å². The predicted octanol–water partition coefficient (Wildman–Crippen LogP) is 2.31. The molecule has 0 aliphatic carbocycles. The normalized spacial score (nSPS) is 10.1. The number of phenols is 1. The molecule has 0 unspecified atom stereocenters. The van der Waals surface area contributed by atoms with Gasteiger partial charge in [-0.15, -0.1) is 0 Å². The highest BCUT2D eigenvalue weighted by Gasteiger charge is 2.03. The summed E-state index contributed by atoms with van der Waals surface area (Å²) in [4.78, 5) is 0. The van der Waals surface area contributed by atoms with E-state index in [0.717, 1.165) is 17.0 Å². The maximum absolute atomic E-state index is 9.46. The zero-order chi connectivity index (χ0) is 9.84. The van der Waals surface area contributed by atoms with Gasteiger partial charge in [-0.1, -0.05) is 13.0 Å². The van der Waals surface area contributed by atoms with E-state index in [1.165, 1.54) is 0 Å². The predicted molar refractivity (Wildman–Crippen MR) is 52.3 cm³/mol. The van der Waals surface area contributed by atoms with Crippen molar-refractivity contribution in [1.82, 2.24) is 0 Å². The Morgan fingerprint density at radius 2 is 2.08 bits per heavy atom. The molecule has 0 spiro atoms. The second kappa shape index (κ2) is 4.14. The zero-order valence-electron chi connectivity index (χ0n) is 7.99.